The Kier molecular flexibility index (Phi) is 9.00. The van der Waals surface area contributed by atoms with Crippen LogP contribution in [0, 0.1) is 17.3 Å². The van der Waals surface area contributed by atoms with Crippen molar-refractivity contribution in [1.29, 1.82) is 0 Å². The first-order valence-electron chi connectivity index (χ1n) is 15.5. The summed E-state index contributed by atoms with van der Waals surface area (Å²) in [5.74, 6) is 2.01. The minimum absolute atomic E-state index is 0.0284. The van der Waals surface area contributed by atoms with E-state index in [1.54, 1.807) is 10.9 Å². The molecular formula is C34H47ClN6O. The molecule has 1 saturated heterocycles. The Morgan fingerprint density at radius 2 is 1.81 bits per heavy atom. The molecule has 0 radical (unpaired) electrons. The van der Waals surface area contributed by atoms with Gasteiger partial charge in [-0.15, -0.1) is 0 Å². The van der Waals surface area contributed by atoms with Crippen LogP contribution in [0.1, 0.15) is 72.9 Å². The quantitative estimate of drug-likeness (QED) is 0.253. The van der Waals surface area contributed by atoms with Gasteiger partial charge in [0.2, 0.25) is 0 Å². The summed E-state index contributed by atoms with van der Waals surface area (Å²) in [4.78, 5) is 26.0. The molecule has 5 rings (SSSR count). The van der Waals surface area contributed by atoms with Crippen LogP contribution in [0.5, 0.6) is 0 Å². The van der Waals surface area contributed by atoms with Crippen LogP contribution in [0.25, 0.3) is 10.9 Å². The van der Waals surface area contributed by atoms with E-state index >= 15 is 0 Å². The Balaban J connectivity index is 1.41. The maximum Gasteiger partial charge on any atom is 0.261 e. The van der Waals surface area contributed by atoms with E-state index in [1.165, 1.54) is 6.42 Å². The summed E-state index contributed by atoms with van der Waals surface area (Å²) in [6, 6.07) is 14.6. The van der Waals surface area contributed by atoms with E-state index in [0.29, 0.717) is 45.3 Å². The summed E-state index contributed by atoms with van der Waals surface area (Å²) in [6.45, 7) is 17.8. The van der Waals surface area contributed by atoms with Crippen LogP contribution in [0.3, 0.4) is 0 Å². The van der Waals surface area contributed by atoms with Crippen molar-refractivity contribution < 1.29 is 0 Å². The number of halogens is 1. The minimum Gasteiger partial charge on any atom is -0.340 e. The maximum atomic E-state index is 13.5. The highest BCUT2D eigenvalue weighted by Crippen LogP contribution is 2.44. The number of nitrogens with zero attached hydrogens (tertiary/aromatic N) is 4. The molecule has 0 spiro atoms. The standard InChI is InChI=1S/C34H47ClN6O/c1-21-18-40(19-22(2)37-21)33(39-30-14-15-34(6,7)25(5)24(30)4)38-28-12-13-29-31(17-28)36-20-41(32(29)42)23(3)16-26-8-10-27(35)11-9-26/h8-13,17,20-25,30,37H,14-16,18-19H2,1-7H3,(H,38,39)/t21-,22+,23-,24+,25+,30?/m1/s1. The van der Waals surface area contributed by atoms with E-state index < -0.39 is 0 Å². The van der Waals surface area contributed by atoms with Crippen LogP contribution in [-0.4, -0.2) is 51.6 Å². The Bertz CT molecular complexity index is 1470. The van der Waals surface area contributed by atoms with Gasteiger partial charge in [0.05, 0.1) is 23.3 Å². The third-order valence-corrected chi connectivity index (χ3v) is 10.1. The Morgan fingerprint density at radius 3 is 2.50 bits per heavy atom. The largest absolute Gasteiger partial charge is 0.340 e. The fourth-order valence-corrected chi connectivity index (χ4v) is 6.93. The van der Waals surface area contributed by atoms with Crippen LogP contribution in [-0.2, 0) is 6.42 Å². The Labute approximate surface area is 255 Å². The third-order valence-electron chi connectivity index (χ3n) is 9.82. The van der Waals surface area contributed by atoms with Gasteiger partial charge in [0.25, 0.3) is 5.56 Å². The molecule has 7 nitrogen and oxygen atoms in total. The molecule has 2 N–H and O–H groups in total. The molecule has 3 aromatic rings. The van der Waals surface area contributed by atoms with Crippen LogP contribution in [0.15, 0.2) is 58.6 Å². The highest BCUT2D eigenvalue weighted by atomic mass is 35.5. The normalized spacial score (nSPS) is 27.2. The van der Waals surface area contributed by atoms with Crippen LogP contribution in [0.4, 0.5) is 5.69 Å². The van der Waals surface area contributed by atoms with Crippen molar-refractivity contribution in [2.75, 3.05) is 18.4 Å². The smallest absolute Gasteiger partial charge is 0.261 e. The molecule has 1 unspecified atom stereocenters. The number of fused-ring (bicyclic) bond motifs is 1. The molecule has 1 aliphatic heterocycles. The lowest BCUT2D eigenvalue weighted by Crippen LogP contribution is -2.57. The zero-order valence-corrected chi connectivity index (χ0v) is 26.9. The van der Waals surface area contributed by atoms with Crippen LogP contribution >= 0.6 is 11.6 Å². The van der Waals surface area contributed by atoms with E-state index in [2.05, 4.69) is 57.1 Å². The fourth-order valence-electron chi connectivity index (χ4n) is 6.80. The lowest BCUT2D eigenvalue weighted by Gasteiger charge is -2.45. The van der Waals surface area contributed by atoms with Gasteiger partial charge in [0.1, 0.15) is 0 Å². The highest BCUT2D eigenvalue weighted by molar-refractivity contribution is 6.30. The van der Waals surface area contributed by atoms with Gasteiger partial charge in [-0.25, -0.2) is 9.98 Å². The van der Waals surface area contributed by atoms with Crippen molar-refractivity contribution in [3.63, 3.8) is 0 Å². The lowest BCUT2D eigenvalue weighted by molar-refractivity contribution is 0.0827. The molecule has 42 heavy (non-hydrogen) atoms. The molecule has 2 aliphatic rings. The number of benzene rings is 2. The number of piperazine rings is 1. The molecule has 1 aromatic heterocycles. The molecule has 1 aliphatic carbocycles. The third kappa shape index (κ3) is 6.68. The molecule has 6 atom stereocenters. The number of hydrogen-bond donors (Lipinski definition) is 2. The van der Waals surface area contributed by atoms with Crippen molar-refractivity contribution in [1.82, 2.24) is 19.8 Å². The fraction of sp³-hybridized carbons (Fsp3) is 0.559. The molecule has 0 amide bonds. The molecule has 8 heteroatoms. The molecule has 226 valence electrons. The molecule has 1 saturated carbocycles. The predicted octanol–water partition coefficient (Wildman–Crippen LogP) is 6.76. The average molecular weight is 591 g/mol. The van der Waals surface area contributed by atoms with Gasteiger partial charge < -0.3 is 15.5 Å². The van der Waals surface area contributed by atoms with Crippen molar-refractivity contribution in [2.24, 2.45) is 22.2 Å². The highest BCUT2D eigenvalue weighted by Gasteiger charge is 2.39. The zero-order chi connectivity index (χ0) is 30.2. The van der Waals surface area contributed by atoms with Crippen molar-refractivity contribution in [2.45, 2.75) is 91.9 Å². The number of guanidine groups is 1. The second kappa shape index (κ2) is 12.4. The molecule has 2 heterocycles. The van der Waals surface area contributed by atoms with Gasteiger partial charge in [0, 0.05) is 41.9 Å². The van der Waals surface area contributed by atoms with Gasteiger partial charge in [-0.1, -0.05) is 51.4 Å². The number of nitrogens with one attached hydrogen (secondary N) is 2. The molecular weight excluding hydrogens is 544 g/mol. The summed E-state index contributed by atoms with van der Waals surface area (Å²) in [5.41, 5.74) is 3.02. The molecule has 2 fully saturated rings. The minimum atomic E-state index is -0.0337. The van der Waals surface area contributed by atoms with E-state index in [0.717, 1.165) is 43.1 Å². The zero-order valence-electron chi connectivity index (χ0n) is 26.2. The topological polar surface area (TPSA) is 74.5 Å². The molecule has 2 aromatic carbocycles. The van der Waals surface area contributed by atoms with Gasteiger partial charge in [-0.05, 0) is 93.2 Å². The lowest BCUT2D eigenvalue weighted by atomic mass is 9.63. The summed E-state index contributed by atoms with van der Waals surface area (Å²) in [6.07, 6.45) is 4.67. The summed E-state index contributed by atoms with van der Waals surface area (Å²) < 4.78 is 1.73. The first-order valence-corrected chi connectivity index (χ1v) is 15.9. The van der Waals surface area contributed by atoms with Crippen LogP contribution in [0.2, 0.25) is 5.02 Å². The Hall–Kier alpha value is -2.90. The monoisotopic (exact) mass is 590 g/mol. The number of aromatic nitrogens is 2. The first-order chi connectivity index (χ1) is 19.9. The van der Waals surface area contributed by atoms with E-state index in [9.17, 15) is 4.79 Å². The maximum absolute atomic E-state index is 13.5. The summed E-state index contributed by atoms with van der Waals surface area (Å²) >= 11 is 6.04. The van der Waals surface area contributed by atoms with E-state index in [-0.39, 0.29) is 17.6 Å². The number of anilines is 1. The van der Waals surface area contributed by atoms with Gasteiger partial charge in [-0.3, -0.25) is 9.36 Å². The molecule has 0 bridgehead atoms. The van der Waals surface area contributed by atoms with Crippen molar-refractivity contribution >= 4 is 34.2 Å². The summed E-state index contributed by atoms with van der Waals surface area (Å²) in [7, 11) is 0. The number of rotatable bonds is 5. The van der Waals surface area contributed by atoms with Crippen molar-refractivity contribution in [3.8, 4) is 0 Å². The SMILES string of the molecule is C[C@@H]1CN(C(=NC2CCC(C)(C)[C@@H](C)[C@@H]2C)Nc2ccc3c(=O)n([C@H](C)Cc4ccc(Cl)cc4)cnc3c2)C[C@H](C)N1. The van der Waals surface area contributed by atoms with Crippen molar-refractivity contribution in [3.05, 3.63) is 69.7 Å². The van der Waals surface area contributed by atoms with Gasteiger partial charge in [0.15, 0.2) is 5.96 Å². The predicted molar refractivity (Wildman–Crippen MR) is 176 cm³/mol. The first kappa shape index (κ1) is 30.6. The van der Waals surface area contributed by atoms with Crippen LogP contribution < -0.4 is 16.2 Å². The second-order valence-electron chi connectivity index (χ2n) is 13.6. The van der Waals surface area contributed by atoms with E-state index in [4.69, 9.17) is 21.6 Å². The second-order valence-corrected chi connectivity index (χ2v) is 14.0. The Morgan fingerprint density at radius 1 is 1.12 bits per heavy atom. The van der Waals surface area contributed by atoms with Gasteiger partial charge >= 0.3 is 0 Å². The summed E-state index contributed by atoms with van der Waals surface area (Å²) in [5, 5.41) is 8.64. The number of aliphatic imine (C=N–C) groups is 1. The average Bonchev–Trinajstić information content (AvgIpc) is 2.94. The van der Waals surface area contributed by atoms with Gasteiger partial charge in [-0.2, -0.15) is 0 Å². The van der Waals surface area contributed by atoms with E-state index in [1.807, 2.05) is 49.4 Å². The number of hydrogen-bond acceptors (Lipinski definition) is 4.